The Morgan fingerprint density at radius 1 is 0.889 bits per heavy atom. The summed E-state index contributed by atoms with van der Waals surface area (Å²) in [5.74, 6) is 0.964. The van der Waals surface area contributed by atoms with Gasteiger partial charge in [-0.2, -0.15) is 0 Å². The SMILES string of the molecule is CCCCN1CCC(CN2CCN(C)CC2)CC1. The molecule has 3 nitrogen and oxygen atoms in total. The van der Waals surface area contributed by atoms with Gasteiger partial charge >= 0.3 is 0 Å². The molecule has 0 aliphatic carbocycles. The molecule has 2 aliphatic rings. The van der Waals surface area contributed by atoms with Gasteiger partial charge in [0.1, 0.15) is 0 Å². The first-order valence-electron chi connectivity index (χ1n) is 7.91. The third-order valence-electron chi connectivity index (χ3n) is 4.65. The number of nitrogens with zero attached hydrogens (tertiary/aromatic N) is 3. The van der Waals surface area contributed by atoms with Crippen LogP contribution in [-0.4, -0.2) is 74.1 Å². The molecule has 0 bridgehead atoms. The molecule has 0 aromatic rings. The maximum atomic E-state index is 2.69. The summed E-state index contributed by atoms with van der Waals surface area (Å²) in [5.41, 5.74) is 0. The molecule has 106 valence electrons. The number of piperazine rings is 1. The molecule has 2 rings (SSSR count). The van der Waals surface area contributed by atoms with E-state index in [2.05, 4.69) is 28.7 Å². The van der Waals surface area contributed by atoms with Crippen molar-refractivity contribution in [3.8, 4) is 0 Å². The molecule has 0 amide bonds. The lowest BCUT2D eigenvalue weighted by atomic mass is 9.95. The predicted molar refractivity (Wildman–Crippen MR) is 78.0 cm³/mol. The number of likely N-dealkylation sites (N-methyl/N-ethyl adjacent to an activating group) is 1. The Hall–Kier alpha value is -0.120. The Balaban J connectivity index is 1.61. The fourth-order valence-corrected chi connectivity index (χ4v) is 3.17. The third kappa shape index (κ3) is 4.52. The summed E-state index contributed by atoms with van der Waals surface area (Å²) in [6.07, 6.45) is 5.57. The molecule has 0 aromatic heterocycles. The number of hydrogen-bond acceptors (Lipinski definition) is 3. The molecular formula is C15H31N3. The number of piperidine rings is 1. The largest absolute Gasteiger partial charge is 0.304 e. The maximum Gasteiger partial charge on any atom is 0.0110 e. The van der Waals surface area contributed by atoms with Gasteiger partial charge in [-0.3, -0.25) is 0 Å². The van der Waals surface area contributed by atoms with E-state index in [1.165, 1.54) is 78.0 Å². The maximum absolute atomic E-state index is 2.69. The molecule has 2 fully saturated rings. The highest BCUT2D eigenvalue weighted by molar-refractivity contribution is 4.77. The van der Waals surface area contributed by atoms with Crippen LogP contribution in [0.5, 0.6) is 0 Å². The van der Waals surface area contributed by atoms with Crippen LogP contribution in [0.3, 0.4) is 0 Å². The van der Waals surface area contributed by atoms with Crippen molar-refractivity contribution in [2.45, 2.75) is 32.6 Å². The molecular weight excluding hydrogens is 222 g/mol. The monoisotopic (exact) mass is 253 g/mol. The predicted octanol–water partition coefficient (Wildman–Crippen LogP) is 1.75. The fraction of sp³-hybridized carbons (Fsp3) is 1.00. The first-order valence-corrected chi connectivity index (χ1v) is 7.91. The van der Waals surface area contributed by atoms with Gasteiger partial charge in [0.15, 0.2) is 0 Å². The van der Waals surface area contributed by atoms with Gasteiger partial charge in [0.2, 0.25) is 0 Å². The van der Waals surface area contributed by atoms with E-state index >= 15 is 0 Å². The molecule has 0 saturated carbocycles. The quantitative estimate of drug-likeness (QED) is 0.739. The van der Waals surface area contributed by atoms with Crippen LogP contribution >= 0.6 is 0 Å². The van der Waals surface area contributed by atoms with E-state index in [1.54, 1.807) is 0 Å². The minimum atomic E-state index is 0.964. The number of unbranched alkanes of at least 4 members (excludes halogenated alkanes) is 1. The molecule has 2 aliphatic heterocycles. The van der Waals surface area contributed by atoms with Crippen LogP contribution in [0.15, 0.2) is 0 Å². The van der Waals surface area contributed by atoms with Gasteiger partial charge in [-0.15, -0.1) is 0 Å². The summed E-state index contributed by atoms with van der Waals surface area (Å²) in [6.45, 7) is 12.8. The molecule has 0 radical (unpaired) electrons. The number of rotatable bonds is 5. The lowest BCUT2D eigenvalue weighted by Gasteiger charge is -2.38. The highest BCUT2D eigenvalue weighted by Crippen LogP contribution is 2.19. The van der Waals surface area contributed by atoms with E-state index in [1.807, 2.05) is 0 Å². The molecule has 0 atom stereocenters. The summed E-state index contributed by atoms with van der Waals surface area (Å²) >= 11 is 0. The van der Waals surface area contributed by atoms with Crippen molar-refractivity contribution in [1.29, 1.82) is 0 Å². The first-order chi connectivity index (χ1) is 8.78. The Morgan fingerprint density at radius 2 is 1.56 bits per heavy atom. The van der Waals surface area contributed by atoms with Crippen LogP contribution in [0.4, 0.5) is 0 Å². The zero-order valence-electron chi connectivity index (χ0n) is 12.4. The Kier molecular flexibility index (Phi) is 5.93. The summed E-state index contributed by atoms with van der Waals surface area (Å²) in [5, 5.41) is 0. The van der Waals surface area contributed by atoms with Gasteiger partial charge in [-0.1, -0.05) is 13.3 Å². The average molecular weight is 253 g/mol. The van der Waals surface area contributed by atoms with Crippen molar-refractivity contribution in [3.63, 3.8) is 0 Å². The number of hydrogen-bond donors (Lipinski definition) is 0. The van der Waals surface area contributed by atoms with Crippen molar-refractivity contribution >= 4 is 0 Å². The molecule has 2 heterocycles. The van der Waals surface area contributed by atoms with Crippen LogP contribution in [0.25, 0.3) is 0 Å². The summed E-state index contributed by atoms with van der Waals surface area (Å²) < 4.78 is 0. The topological polar surface area (TPSA) is 9.72 Å². The minimum Gasteiger partial charge on any atom is -0.304 e. The van der Waals surface area contributed by atoms with E-state index in [9.17, 15) is 0 Å². The smallest absolute Gasteiger partial charge is 0.0110 e. The number of likely N-dealkylation sites (tertiary alicyclic amines) is 1. The Labute approximate surface area is 113 Å². The Bertz CT molecular complexity index is 216. The second-order valence-electron chi connectivity index (χ2n) is 6.24. The molecule has 0 N–H and O–H groups in total. The molecule has 0 spiro atoms. The summed E-state index contributed by atoms with van der Waals surface area (Å²) in [7, 11) is 2.24. The summed E-state index contributed by atoms with van der Waals surface area (Å²) in [6, 6.07) is 0. The van der Waals surface area contributed by atoms with Gasteiger partial charge in [-0.05, 0) is 51.9 Å². The van der Waals surface area contributed by atoms with Crippen LogP contribution in [0, 0.1) is 5.92 Å². The second kappa shape index (κ2) is 7.46. The lowest BCUT2D eigenvalue weighted by Crippen LogP contribution is -2.47. The summed E-state index contributed by atoms with van der Waals surface area (Å²) in [4.78, 5) is 7.81. The highest BCUT2D eigenvalue weighted by atomic mass is 15.2. The van der Waals surface area contributed by atoms with Crippen LogP contribution < -0.4 is 0 Å². The molecule has 3 heteroatoms. The Morgan fingerprint density at radius 3 is 2.17 bits per heavy atom. The van der Waals surface area contributed by atoms with Gasteiger partial charge in [-0.25, -0.2) is 0 Å². The standard InChI is InChI=1S/C15H31N3/c1-3-4-7-17-8-5-15(6-9-17)14-18-12-10-16(2)11-13-18/h15H,3-14H2,1-2H3. The zero-order chi connectivity index (χ0) is 12.8. The van der Waals surface area contributed by atoms with Gasteiger partial charge in [0, 0.05) is 32.7 Å². The highest BCUT2D eigenvalue weighted by Gasteiger charge is 2.22. The van der Waals surface area contributed by atoms with E-state index in [-0.39, 0.29) is 0 Å². The van der Waals surface area contributed by atoms with Gasteiger partial charge < -0.3 is 14.7 Å². The zero-order valence-corrected chi connectivity index (χ0v) is 12.4. The molecule has 0 aromatic carbocycles. The minimum absolute atomic E-state index is 0.964. The van der Waals surface area contributed by atoms with Crippen LogP contribution in [0.1, 0.15) is 32.6 Å². The first kappa shape index (κ1) is 14.3. The van der Waals surface area contributed by atoms with E-state index in [0.29, 0.717) is 0 Å². The van der Waals surface area contributed by atoms with Crippen molar-refractivity contribution in [3.05, 3.63) is 0 Å². The van der Waals surface area contributed by atoms with Crippen molar-refractivity contribution in [2.24, 2.45) is 5.92 Å². The van der Waals surface area contributed by atoms with E-state index in [0.717, 1.165) is 5.92 Å². The molecule has 18 heavy (non-hydrogen) atoms. The molecule has 2 saturated heterocycles. The fourth-order valence-electron chi connectivity index (χ4n) is 3.17. The van der Waals surface area contributed by atoms with Crippen molar-refractivity contribution < 1.29 is 0 Å². The normalized spacial score (nSPS) is 25.7. The van der Waals surface area contributed by atoms with Crippen LogP contribution in [0.2, 0.25) is 0 Å². The second-order valence-corrected chi connectivity index (χ2v) is 6.24. The van der Waals surface area contributed by atoms with Crippen molar-refractivity contribution in [2.75, 3.05) is 59.4 Å². The van der Waals surface area contributed by atoms with Crippen molar-refractivity contribution in [1.82, 2.24) is 14.7 Å². The van der Waals surface area contributed by atoms with E-state index < -0.39 is 0 Å². The van der Waals surface area contributed by atoms with Gasteiger partial charge in [0.05, 0.1) is 0 Å². The third-order valence-corrected chi connectivity index (χ3v) is 4.65. The van der Waals surface area contributed by atoms with Gasteiger partial charge in [0.25, 0.3) is 0 Å². The average Bonchev–Trinajstić information content (AvgIpc) is 2.41. The molecule has 0 unspecified atom stereocenters. The lowest BCUT2D eigenvalue weighted by molar-refractivity contribution is 0.105. The van der Waals surface area contributed by atoms with E-state index in [4.69, 9.17) is 0 Å². The van der Waals surface area contributed by atoms with Crippen LogP contribution in [-0.2, 0) is 0 Å².